The molecule has 2 fully saturated rings. The van der Waals surface area contributed by atoms with Crippen molar-refractivity contribution in [2.75, 3.05) is 0 Å². The summed E-state index contributed by atoms with van der Waals surface area (Å²) in [6, 6.07) is 39.2. The standard InChI is InChI=1S/C44H42F3O5SSi/c45-44(46,47)43(48)52-34-25-23-30(24-26-34)33-28-40(31-13-4-1-5-14-31)42(53(49,50)51)41(29-33)39-22-11-10-21-38(39)32-15-12-20-37(27-32)54(35-16-6-2-7-17-35)36-18-8-3-9-19-36/h2-3,6-9,12,15-20,23-29,31,38-39H,1,4-5,10-11,13-14,21-22H2,(H,49,50,51). The normalized spacial score (nSPS) is 18.4. The minimum Gasteiger partial charge on any atom is -0.420 e. The van der Waals surface area contributed by atoms with Crippen molar-refractivity contribution in [3.63, 3.8) is 0 Å². The van der Waals surface area contributed by atoms with E-state index in [-0.39, 0.29) is 28.4 Å². The van der Waals surface area contributed by atoms with Crippen molar-refractivity contribution in [2.45, 2.75) is 86.6 Å². The monoisotopic (exact) mass is 767 g/mol. The van der Waals surface area contributed by atoms with E-state index >= 15 is 0 Å². The molecule has 2 aliphatic carbocycles. The molecule has 54 heavy (non-hydrogen) atoms. The lowest BCUT2D eigenvalue weighted by Gasteiger charge is -2.35. The molecule has 7 rings (SSSR count). The summed E-state index contributed by atoms with van der Waals surface area (Å²) in [7, 11) is -6.02. The van der Waals surface area contributed by atoms with Crippen molar-refractivity contribution in [2.24, 2.45) is 0 Å². The lowest BCUT2D eigenvalue weighted by Crippen LogP contribution is -2.52. The second-order valence-electron chi connectivity index (χ2n) is 14.4. The molecular weight excluding hydrogens is 726 g/mol. The molecule has 0 aliphatic heterocycles. The van der Waals surface area contributed by atoms with E-state index in [0.29, 0.717) is 22.3 Å². The average molecular weight is 768 g/mol. The van der Waals surface area contributed by atoms with E-state index in [4.69, 9.17) is 0 Å². The van der Waals surface area contributed by atoms with Crippen LogP contribution in [0.1, 0.15) is 92.2 Å². The third-order valence-electron chi connectivity index (χ3n) is 11.0. The van der Waals surface area contributed by atoms with Crippen LogP contribution in [0.15, 0.2) is 126 Å². The summed E-state index contributed by atoms with van der Waals surface area (Å²) in [4.78, 5) is 11.5. The third kappa shape index (κ3) is 8.41. The highest BCUT2D eigenvalue weighted by Gasteiger charge is 2.41. The minimum atomic E-state index is -5.13. The van der Waals surface area contributed by atoms with Gasteiger partial charge in [0.2, 0.25) is 0 Å². The highest BCUT2D eigenvalue weighted by atomic mass is 32.2. The van der Waals surface area contributed by atoms with Gasteiger partial charge in [-0.3, -0.25) is 4.55 Å². The van der Waals surface area contributed by atoms with E-state index in [1.54, 1.807) is 12.1 Å². The molecule has 5 nitrogen and oxygen atoms in total. The highest BCUT2D eigenvalue weighted by Crippen LogP contribution is 2.49. The Kier molecular flexibility index (Phi) is 11.2. The zero-order valence-corrected chi connectivity index (χ0v) is 31.6. The summed E-state index contributed by atoms with van der Waals surface area (Å²) in [5, 5.41) is 3.77. The van der Waals surface area contributed by atoms with Crippen LogP contribution in [0.3, 0.4) is 0 Å². The SMILES string of the molecule is O=C(Oc1ccc(-c2cc(C3CCCCC3)c(S(=O)(=O)O)c(C3CCCCC3c3cccc([Si](c4ccccc4)c4ccccc4)c3)c2)cc1)C(F)(F)F. The number of alkyl halides is 3. The predicted octanol–water partition coefficient (Wildman–Crippen LogP) is 9.07. The van der Waals surface area contributed by atoms with Crippen LogP contribution in [0, 0.1) is 0 Å². The van der Waals surface area contributed by atoms with E-state index < -0.39 is 31.1 Å². The maximum absolute atomic E-state index is 13.6. The van der Waals surface area contributed by atoms with Gasteiger partial charge in [0, 0.05) is 0 Å². The smallest absolute Gasteiger partial charge is 0.420 e. The van der Waals surface area contributed by atoms with Crippen LogP contribution in [0.2, 0.25) is 0 Å². The largest absolute Gasteiger partial charge is 0.491 e. The van der Waals surface area contributed by atoms with E-state index in [1.807, 2.05) is 24.3 Å². The molecule has 10 heteroatoms. The van der Waals surface area contributed by atoms with Crippen LogP contribution < -0.4 is 20.3 Å². The molecule has 0 bridgehead atoms. The van der Waals surface area contributed by atoms with Gasteiger partial charge in [0.1, 0.15) is 10.6 Å². The van der Waals surface area contributed by atoms with Crippen molar-refractivity contribution in [3.8, 4) is 16.9 Å². The Morgan fingerprint density at radius 3 is 1.78 bits per heavy atom. The number of esters is 1. The Labute approximate surface area is 316 Å². The van der Waals surface area contributed by atoms with Crippen LogP contribution in [0.4, 0.5) is 13.2 Å². The van der Waals surface area contributed by atoms with Gasteiger partial charge in [0.15, 0.2) is 8.80 Å². The summed E-state index contributed by atoms with van der Waals surface area (Å²) in [6.45, 7) is 0. The van der Waals surface area contributed by atoms with Crippen molar-refractivity contribution in [3.05, 3.63) is 138 Å². The van der Waals surface area contributed by atoms with Gasteiger partial charge in [-0.2, -0.15) is 21.6 Å². The maximum Gasteiger partial charge on any atom is 0.491 e. The maximum atomic E-state index is 13.6. The van der Waals surface area contributed by atoms with Gasteiger partial charge in [0.25, 0.3) is 10.1 Å². The van der Waals surface area contributed by atoms with Crippen molar-refractivity contribution >= 4 is 40.4 Å². The Bertz CT molecular complexity index is 2150. The van der Waals surface area contributed by atoms with E-state index in [0.717, 1.165) is 63.4 Å². The quantitative estimate of drug-likeness (QED) is 0.0533. The molecule has 0 heterocycles. The molecule has 0 spiro atoms. The van der Waals surface area contributed by atoms with Gasteiger partial charge in [-0.05, 0) is 95.5 Å². The van der Waals surface area contributed by atoms with Crippen LogP contribution in [0.5, 0.6) is 5.75 Å². The molecule has 5 aromatic carbocycles. The van der Waals surface area contributed by atoms with Crippen LogP contribution in [-0.2, 0) is 14.9 Å². The van der Waals surface area contributed by atoms with Crippen LogP contribution >= 0.6 is 0 Å². The van der Waals surface area contributed by atoms with Crippen LogP contribution in [-0.4, -0.2) is 33.9 Å². The second-order valence-corrected chi connectivity index (χ2v) is 18.3. The molecule has 0 amide bonds. The van der Waals surface area contributed by atoms with Gasteiger partial charge in [-0.15, -0.1) is 0 Å². The zero-order chi connectivity index (χ0) is 37.9. The molecule has 279 valence electrons. The minimum absolute atomic E-state index is 0.000236. The van der Waals surface area contributed by atoms with Gasteiger partial charge >= 0.3 is 12.1 Å². The number of hydrogen-bond acceptors (Lipinski definition) is 4. The first-order chi connectivity index (χ1) is 26.0. The summed E-state index contributed by atoms with van der Waals surface area (Å²) >= 11 is 0. The third-order valence-corrected chi connectivity index (χ3v) is 14.7. The summed E-state index contributed by atoms with van der Waals surface area (Å²) in [6.07, 6.45) is 2.85. The summed E-state index contributed by atoms with van der Waals surface area (Å²) < 4.78 is 81.3. The fourth-order valence-electron chi connectivity index (χ4n) is 8.55. The molecule has 2 unspecified atom stereocenters. The Hall–Kier alpha value is -4.51. The first kappa shape index (κ1) is 37.8. The molecule has 2 atom stereocenters. The fourth-order valence-corrected chi connectivity index (χ4v) is 12.2. The number of rotatable bonds is 9. The molecule has 5 aromatic rings. The average Bonchev–Trinajstić information content (AvgIpc) is 3.18. The first-order valence-corrected chi connectivity index (χ1v) is 21.5. The Morgan fingerprint density at radius 1 is 0.630 bits per heavy atom. The van der Waals surface area contributed by atoms with E-state index in [1.165, 1.54) is 27.7 Å². The topological polar surface area (TPSA) is 80.7 Å². The highest BCUT2D eigenvalue weighted by molar-refractivity contribution is 7.86. The molecule has 0 aromatic heterocycles. The molecule has 1 radical (unpaired) electrons. The van der Waals surface area contributed by atoms with Crippen LogP contribution in [0.25, 0.3) is 11.1 Å². The molecule has 2 saturated carbocycles. The van der Waals surface area contributed by atoms with E-state index in [2.05, 4.69) is 77.5 Å². The first-order valence-electron chi connectivity index (χ1n) is 18.6. The Balaban J connectivity index is 1.34. The number of ether oxygens (including phenoxy) is 1. The lowest BCUT2D eigenvalue weighted by atomic mass is 9.71. The van der Waals surface area contributed by atoms with Gasteiger partial charge in [0.05, 0.1) is 0 Å². The second kappa shape index (κ2) is 16.1. The van der Waals surface area contributed by atoms with Crippen molar-refractivity contribution in [1.29, 1.82) is 0 Å². The number of carbonyl (C=O) groups is 1. The summed E-state index contributed by atoms with van der Waals surface area (Å²) in [5.74, 6) is -2.86. The van der Waals surface area contributed by atoms with Crippen molar-refractivity contribution in [1.82, 2.24) is 0 Å². The molecular formula is C44H42F3O5SSi. The van der Waals surface area contributed by atoms with Gasteiger partial charge in [-0.1, -0.05) is 145 Å². The summed E-state index contributed by atoms with van der Waals surface area (Å²) in [5.41, 5.74) is 3.63. The predicted molar refractivity (Wildman–Crippen MR) is 207 cm³/mol. The van der Waals surface area contributed by atoms with Crippen molar-refractivity contribution < 1.29 is 35.7 Å². The number of halogens is 3. The molecule has 1 N–H and O–H groups in total. The van der Waals surface area contributed by atoms with E-state index in [9.17, 15) is 30.9 Å². The number of carbonyl (C=O) groups excluding carboxylic acids is 1. The number of benzene rings is 5. The van der Waals surface area contributed by atoms with Gasteiger partial charge < -0.3 is 4.74 Å². The number of hydrogen-bond donors (Lipinski definition) is 1. The zero-order valence-electron chi connectivity index (χ0n) is 29.8. The lowest BCUT2D eigenvalue weighted by molar-refractivity contribution is -0.189. The fraction of sp³-hybridized carbons (Fsp3) is 0.295. The van der Waals surface area contributed by atoms with Gasteiger partial charge in [-0.25, -0.2) is 4.79 Å². The molecule has 0 saturated heterocycles. The Morgan fingerprint density at radius 2 is 1.19 bits per heavy atom. The molecule has 2 aliphatic rings.